The summed E-state index contributed by atoms with van der Waals surface area (Å²) in [4.78, 5) is 27.0. The van der Waals surface area contributed by atoms with E-state index >= 15 is 0 Å². The Labute approximate surface area is 149 Å². The molecule has 1 aliphatic carbocycles. The number of carbonyl (C=O) groups excluding carboxylic acids is 2. The van der Waals surface area contributed by atoms with Crippen LogP contribution in [0.4, 0.5) is 4.79 Å². The first kappa shape index (κ1) is 18.5. The molecule has 3 aliphatic rings. The van der Waals surface area contributed by atoms with Crippen LogP contribution in [0.1, 0.15) is 51.9 Å². The van der Waals surface area contributed by atoms with Gasteiger partial charge in [-0.05, 0) is 31.6 Å². The zero-order valence-electron chi connectivity index (χ0n) is 14.9. The van der Waals surface area contributed by atoms with Crippen molar-refractivity contribution in [3.8, 4) is 0 Å². The molecule has 0 radical (unpaired) electrons. The van der Waals surface area contributed by atoms with Gasteiger partial charge in [0.05, 0.1) is 11.5 Å². The van der Waals surface area contributed by atoms with Crippen LogP contribution in [-0.2, 0) is 14.6 Å². The molecule has 2 N–H and O–H groups in total. The molecule has 0 aromatic heterocycles. The van der Waals surface area contributed by atoms with Crippen LogP contribution in [0, 0.1) is 5.92 Å². The Morgan fingerprint density at radius 3 is 2.40 bits per heavy atom. The summed E-state index contributed by atoms with van der Waals surface area (Å²) in [6.07, 6.45) is 7.23. The van der Waals surface area contributed by atoms with Crippen LogP contribution in [0.3, 0.4) is 0 Å². The van der Waals surface area contributed by atoms with Crippen molar-refractivity contribution >= 4 is 21.8 Å². The highest BCUT2D eigenvalue weighted by molar-refractivity contribution is 7.91. The SMILES string of the molecule is C[C@H]1CS(=O)(=O)C[C@H]1NC(=O)NC1CCCN(C2CCCCC2)C1=O. The molecule has 2 heterocycles. The van der Waals surface area contributed by atoms with E-state index < -0.39 is 21.9 Å². The van der Waals surface area contributed by atoms with E-state index in [0.29, 0.717) is 12.5 Å². The Morgan fingerprint density at radius 1 is 1.04 bits per heavy atom. The van der Waals surface area contributed by atoms with E-state index in [2.05, 4.69) is 10.6 Å². The Morgan fingerprint density at radius 2 is 1.76 bits per heavy atom. The molecule has 2 aliphatic heterocycles. The summed E-state index contributed by atoms with van der Waals surface area (Å²) >= 11 is 0. The molecule has 1 saturated carbocycles. The number of hydrogen-bond donors (Lipinski definition) is 2. The van der Waals surface area contributed by atoms with Crippen molar-refractivity contribution in [3.05, 3.63) is 0 Å². The van der Waals surface area contributed by atoms with Crippen molar-refractivity contribution in [2.75, 3.05) is 18.1 Å². The van der Waals surface area contributed by atoms with E-state index in [1.165, 1.54) is 19.3 Å². The smallest absolute Gasteiger partial charge is 0.315 e. The minimum absolute atomic E-state index is 0.0143. The van der Waals surface area contributed by atoms with Crippen LogP contribution >= 0.6 is 0 Å². The number of hydrogen-bond acceptors (Lipinski definition) is 4. The molecule has 3 atom stereocenters. The number of rotatable bonds is 3. The van der Waals surface area contributed by atoms with E-state index in [0.717, 1.165) is 25.8 Å². The molecule has 0 aromatic rings. The minimum Gasteiger partial charge on any atom is -0.338 e. The summed E-state index contributed by atoms with van der Waals surface area (Å²) in [5, 5.41) is 5.52. The predicted octanol–water partition coefficient (Wildman–Crippen LogP) is 1.04. The Bertz CT molecular complexity index is 615. The van der Waals surface area contributed by atoms with Gasteiger partial charge in [-0.25, -0.2) is 13.2 Å². The van der Waals surface area contributed by atoms with E-state index in [9.17, 15) is 18.0 Å². The van der Waals surface area contributed by atoms with Crippen molar-refractivity contribution in [3.63, 3.8) is 0 Å². The molecule has 3 rings (SSSR count). The van der Waals surface area contributed by atoms with E-state index in [1.54, 1.807) is 0 Å². The Hall–Kier alpha value is -1.31. The van der Waals surface area contributed by atoms with E-state index in [4.69, 9.17) is 0 Å². The fraction of sp³-hybridized carbons (Fsp3) is 0.882. The third-order valence-corrected chi connectivity index (χ3v) is 7.65. The number of likely N-dealkylation sites (tertiary alicyclic amines) is 1. The standard InChI is InChI=1S/C17H29N3O4S/c1-12-10-25(23,24)11-15(12)19-17(22)18-14-8-5-9-20(16(14)21)13-6-3-2-4-7-13/h12-15H,2-11H2,1H3,(H2,18,19,22)/t12-,14?,15+/m0/s1. The lowest BCUT2D eigenvalue weighted by atomic mass is 9.91. The summed E-state index contributed by atoms with van der Waals surface area (Å²) in [6.45, 7) is 2.60. The van der Waals surface area contributed by atoms with Crippen LogP contribution in [0.2, 0.25) is 0 Å². The van der Waals surface area contributed by atoms with Gasteiger partial charge in [-0.1, -0.05) is 26.2 Å². The molecular weight excluding hydrogens is 342 g/mol. The van der Waals surface area contributed by atoms with Crippen LogP contribution in [-0.4, -0.2) is 61.4 Å². The largest absolute Gasteiger partial charge is 0.338 e. The van der Waals surface area contributed by atoms with Crippen molar-refractivity contribution in [1.82, 2.24) is 15.5 Å². The molecule has 8 heteroatoms. The lowest BCUT2D eigenvalue weighted by Crippen LogP contribution is -2.58. The topological polar surface area (TPSA) is 95.6 Å². The van der Waals surface area contributed by atoms with Gasteiger partial charge >= 0.3 is 6.03 Å². The number of piperidine rings is 1. The van der Waals surface area contributed by atoms with E-state index in [1.807, 2.05) is 11.8 Å². The van der Waals surface area contributed by atoms with Crippen molar-refractivity contribution < 1.29 is 18.0 Å². The fourth-order valence-corrected chi connectivity index (χ4v) is 6.49. The van der Waals surface area contributed by atoms with Gasteiger partial charge in [0, 0.05) is 18.6 Å². The van der Waals surface area contributed by atoms with Gasteiger partial charge in [0.2, 0.25) is 5.91 Å². The molecule has 3 amide bonds. The number of urea groups is 1. The van der Waals surface area contributed by atoms with Gasteiger partial charge in [-0.3, -0.25) is 4.79 Å². The molecule has 0 spiro atoms. The lowest BCUT2D eigenvalue weighted by Gasteiger charge is -2.40. The third-order valence-electron chi connectivity index (χ3n) is 5.75. The fourth-order valence-electron chi connectivity index (χ4n) is 4.36. The molecule has 3 fully saturated rings. The summed E-state index contributed by atoms with van der Waals surface area (Å²) in [5.41, 5.74) is 0. The monoisotopic (exact) mass is 371 g/mol. The Balaban J connectivity index is 1.54. The predicted molar refractivity (Wildman–Crippen MR) is 94.9 cm³/mol. The highest BCUT2D eigenvalue weighted by Gasteiger charge is 2.37. The minimum atomic E-state index is -3.08. The molecule has 142 valence electrons. The van der Waals surface area contributed by atoms with Gasteiger partial charge in [0.1, 0.15) is 6.04 Å². The highest BCUT2D eigenvalue weighted by Crippen LogP contribution is 2.26. The first-order chi connectivity index (χ1) is 11.9. The normalized spacial score (nSPS) is 33.2. The van der Waals surface area contributed by atoms with Crippen LogP contribution in [0.5, 0.6) is 0 Å². The van der Waals surface area contributed by atoms with Crippen LogP contribution in [0.25, 0.3) is 0 Å². The van der Waals surface area contributed by atoms with Gasteiger partial charge < -0.3 is 15.5 Å². The molecule has 1 unspecified atom stereocenters. The average molecular weight is 372 g/mol. The first-order valence-electron chi connectivity index (χ1n) is 9.43. The second-order valence-corrected chi connectivity index (χ2v) is 9.95. The van der Waals surface area contributed by atoms with Gasteiger partial charge in [0.25, 0.3) is 0 Å². The number of sulfone groups is 1. The summed E-state index contributed by atoms with van der Waals surface area (Å²) in [6, 6.07) is -0.992. The summed E-state index contributed by atoms with van der Waals surface area (Å²) in [5.74, 6) is 0.00129. The van der Waals surface area contributed by atoms with Crippen molar-refractivity contribution in [1.29, 1.82) is 0 Å². The van der Waals surface area contributed by atoms with Crippen LogP contribution < -0.4 is 10.6 Å². The van der Waals surface area contributed by atoms with Gasteiger partial charge in [0.15, 0.2) is 9.84 Å². The summed E-state index contributed by atoms with van der Waals surface area (Å²) < 4.78 is 23.3. The number of nitrogens with zero attached hydrogens (tertiary/aromatic N) is 1. The lowest BCUT2D eigenvalue weighted by molar-refractivity contribution is -0.138. The number of carbonyl (C=O) groups is 2. The van der Waals surface area contributed by atoms with Crippen LogP contribution in [0.15, 0.2) is 0 Å². The van der Waals surface area contributed by atoms with Gasteiger partial charge in [-0.15, -0.1) is 0 Å². The zero-order chi connectivity index (χ0) is 18.0. The Kier molecular flexibility index (Phi) is 5.55. The molecular formula is C17H29N3O4S. The zero-order valence-corrected chi connectivity index (χ0v) is 15.7. The number of amides is 3. The number of nitrogens with one attached hydrogen (secondary N) is 2. The van der Waals surface area contributed by atoms with E-state index in [-0.39, 0.29) is 29.4 Å². The molecule has 25 heavy (non-hydrogen) atoms. The third kappa shape index (κ3) is 4.46. The highest BCUT2D eigenvalue weighted by atomic mass is 32.2. The second-order valence-electron chi connectivity index (χ2n) is 7.80. The average Bonchev–Trinajstić information content (AvgIpc) is 2.82. The molecule has 0 aromatic carbocycles. The van der Waals surface area contributed by atoms with Gasteiger partial charge in [-0.2, -0.15) is 0 Å². The maximum Gasteiger partial charge on any atom is 0.315 e. The second kappa shape index (κ2) is 7.51. The summed E-state index contributed by atoms with van der Waals surface area (Å²) in [7, 11) is -3.08. The first-order valence-corrected chi connectivity index (χ1v) is 11.3. The quantitative estimate of drug-likeness (QED) is 0.775. The van der Waals surface area contributed by atoms with Crippen molar-refractivity contribution in [2.45, 2.75) is 70.0 Å². The molecule has 0 bridgehead atoms. The van der Waals surface area contributed by atoms with Crippen molar-refractivity contribution in [2.24, 2.45) is 5.92 Å². The molecule has 7 nitrogen and oxygen atoms in total. The maximum absolute atomic E-state index is 12.8. The maximum atomic E-state index is 12.8. The molecule has 2 saturated heterocycles.